The van der Waals surface area contributed by atoms with E-state index in [1.54, 1.807) is 13.0 Å². The highest BCUT2D eigenvalue weighted by Crippen LogP contribution is 2.12. The summed E-state index contributed by atoms with van der Waals surface area (Å²) in [5.41, 5.74) is 0. The zero-order valence-corrected chi connectivity index (χ0v) is 9.64. The van der Waals surface area contributed by atoms with Gasteiger partial charge >= 0.3 is 11.9 Å². The van der Waals surface area contributed by atoms with E-state index in [4.69, 9.17) is 4.74 Å². The van der Waals surface area contributed by atoms with Crippen LogP contribution in [0.4, 0.5) is 0 Å². The van der Waals surface area contributed by atoms with Gasteiger partial charge in [-0.3, -0.25) is 4.79 Å². The molecule has 0 spiro atoms. The molecule has 0 unspecified atom stereocenters. The fourth-order valence-electron chi connectivity index (χ4n) is 1.60. The minimum atomic E-state index is -0.806. The minimum Gasteiger partial charge on any atom is -0.459 e. The summed E-state index contributed by atoms with van der Waals surface area (Å²) in [6, 6.07) is 0. The third-order valence-corrected chi connectivity index (χ3v) is 2.29. The average molecular weight is 227 g/mol. The summed E-state index contributed by atoms with van der Waals surface area (Å²) < 4.78 is 10.2. The van der Waals surface area contributed by atoms with Crippen LogP contribution in [-0.4, -0.2) is 48.7 Å². The summed E-state index contributed by atoms with van der Waals surface area (Å²) in [6.07, 6.45) is 1.30. The van der Waals surface area contributed by atoms with E-state index in [9.17, 15) is 9.59 Å². The molecule has 1 fully saturated rings. The molecular formula is C11H17NO4. The van der Waals surface area contributed by atoms with E-state index in [0.717, 1.165) is 0 Å². The van der Waals surface area contributed by atoms with Gasteiger partial charge in [-0.05, 0) is 13.8 Å². The summed E-state index contributed by atoms with van der Waals surface area (Å²) in [5.74, 6) is -1.41. The molecule has 5 nitrogen and oxygen atoms in total. The van der Waals surface area contributed by atoms with Gasteiger partial charge < -0.3 is 14.4 Å². The second kappa shape index (κ2) is 5.65. The van der Waals surface area contributed by atoms with Gasteiger partial charge in [0.25, 0.3) is 0 Å². The molecule has 90 valence electrons. The van der Waals surface area contributed by atoms with Gasteiger partial charge in [0.1, 0.15) is 0 Å². The lowest BCUT2D eigenvalue weighted by Crippen LogP contribution is -2.50. The van der Waals surface area contributed by atoms with E-state index < -0.39 is 11.9 Å². The highest BCUT2D eigenvalue weighted by atomic mass is 16.5. The highest BCUT2D eigenvalue weighted by molar-refractivity contribution is 6.32. The Morgan fingerprint density at radius 2 is 2.25 bits per heavy atom. The van der Waals surface area contributed by atoms with Gasteiger partial charge in [-0.1, -0.05) is 6.08 Å². The Balaban J connectivity index is 2.61. The topological polar surface area (TPSA) is 55.8 Å². The number of esters is 1. The van der Waals surface area contributed by atoms with Crippen molar-refractivity contribution >= 4 is 11.9 Å². The van der Waals surface area contributed by atoms with Crippen LogP contribution in [0, 0.1) is 0 Å². The normalized spacial score (nSPS) is 25.0. The number of hydrogen-bond donors (Lipinski definition) is 0. The number of rotatable bonds is 2. The van der Waals surface area contributed by atoms with Crippen LogP contribution in [0.15, 0.2) is 12.7 Å². The quantitative estimate of drug-likeness (QED) is 0.388. The molecule has 1 amide bonds. The molecular weight excluding hydrogens is 210 g/mol. The molecule has 16 heavy (non-hydrogen) atoms. The van der Waals surface area contributed by atoms with E-state index in [1.807, 2.05) is 6.92 Å². The van der Waals surface area contributed by atoms with Crippen LogP contribution >= 0.6 is 0 Å². The molecule has 0 aliphatic carbocycles. The van der Waals surface area contributed by atoms with Gasteiger partial charge in [-0.15, -0.1) is 6.58 Å². The van der Waals surface area contributed by atoms with Crippen molar-refractivity contribution in [2.75, 3.05) is 19.7 Å². The molecule has 2 atom stereocenters. The molecule has 0 aromatic carbocycles. The molecule has 0 radical (unpaired) electrons. The van der Waals surface area contributed by atoms with Crippen molar-refractivity contribution in [1.82, 2.24) is 4.90 Å². The predicted molar refractivity (Wildman–Crippen MR) is 57.7 cm³/mol. The van der Waals surface area contributed by atoms with Crippen LogP contribution < -0.4 is 0 Å². The molecule has 0 N–H and O–H groups in total. The summed E-state index contributed by atoms with van der Waals surface area (Å²) in [4.78, 5) is 24.4. The maximum Gasteiger partial charge on any atom is 0.397 e. The van der Waals surface area contributed by atoms with Crippen LogP contribution in [0.5, 0.6) is 0 Å². The second-order valence-electron chi connectivity index (χ2n) is 3.65. The van der Waals surface area contributed by atoms with Gasteiger partial charge in [-0.25, -0.2) is 4.79 Å². The SMILES string of the molecule is C=C[C@H]1CN(C(=O)C(=O)OCC)C[C@@H](C)O1. The van der Waals surface area contributed by atoms with Gasteiger partial charge in [0.05, 0.1) is 25.4 Å². The first kappa shape index (κ1) is 12.7. The lowest BCUT2D eigenvalue weighted by molar-refractivity contribution is -0.164. The van der Waals surface area contributed by atoms with Crippen molar-refractivity contribution in [1.29, 1.82) is 0 Å². The van der Waals surface area contributed by atoms with Crippen molar-refractivity contribution in [2.45, 2.75) is 26.1 Å². The van der Waals surface area contributed by atoms with Crippen molar-refractivity contribution in [3.63, 3.8) is 0 Å². The molecule has 0 aromatic heterocycles. The lowest BCUT2D eigenvalue weighted by atomic mass is 10.2. The third-order valence-electron chi connectivity index (χ3n) is 2.29. The third kappa shape index (κ3) is 3.06. The Hall–Kier alpha value is -1.36. The molecule has 1 aliphatic heterocycles. The molecule has 1 aliphatic rings. The number of nitrogens with zero attached hydrogens (tertiary/aromatic N) is 1. The van der Waals surface area contributed by atoms with E-state index in [1.165, 1.54) is 4.90 Å². The Kier molecular flexibility index (Phi) is 4.49. The van der Waals surface area contributed by atoms with E-state index >= 15 is 0 Å². The van der Waals surface area contributed by atoms with Gasteiger partial charge in [-0.2, -0.15) is 0 Å². The summed E-state index contributed by atoms with van der Waals surface area (Å²) in [6.45, 7) is 8.09. The minimum absolute atomic E-state index is 0.102. The zero-order chi connectivity index (χ0) is 12.1. The van der Waals surface area contributed by atoms with Crippen LogP contribution in [0.1, 0.15) is 13.8 Å². The van der Waals surface area contributed by atoms with Crippen LogP contribution in [-0.2, 0) is 19.1 Å². The number of morpholine rings is 1. The number of carbonyl (C=O) groups excluding carboxylic acids is 2. The van der Waals surface area contributed by atoms with Crippen molar-refractivity contribution in [2.24, 2.45) is 0 Å². The molecule has 1 rings (SSSR count). The molecule has 1 saturated heterocycles. The van der Waals surface area contributed by atoms with Crippen LogP contribution in [0.25, 0.3) is 0 Å². The molecule has 0 bridgehead atoms. The fraction of sp³-hybridized carbons (Fsp3) is 0.636. The largest absolute Gasteiger partial charge is 0.459 e. The maximum absolute atomic E-state index is 11.7. The molecule has 0 saturated carbocycles. The first-order valence-corrected chi connectivity index (χ1v) is 5.32. The van der Waals surface area contributed by atoms with Gasteiger partial charge in [0.2, 0.25) is 0 Å². The van der Waals surface area contributed by atoms with Gasteiger partial charge in [0.15, 0.2) is 0 Å². The standard InChI is InChI=1S/C11H17NO4/c1-4-9-7-12(6-8(3)16-9)10(13)11(14)15-5-2/h4,8-9H,1,5-7H2,2-3H3/t8-,9+/m1/s1. The van der Waals surface area contributed by atoms with Gasteiger partial charge in [0, 0.05) is 6.54 Å². The first-order valence-electron chi connectivity index (χ1n) is 5.32. The van der Waals surface area contributed by atoms with Crippen LogP contribution in [0.2, 0.25) is 0 Å². The van der Waals surface area contributed by atoms with E-state index in [2.05, 4.69) is 11.3 Å². The first-order chi connectivity index (χ1) is 7.58. The van der Waals surface area contributed by atoms with Crippen molar-refractivity contribution < 1.29 is 19.1 Å². The average Bonchev–Trinajstić information content (AvgIpc) is 2.27. The number of hydrogen-bond acceptors (Lipinski definition) is 4. The highest BCUT2D eigenvalue weighted by Gasteiger charge is 2.30. The lowest BCUT2D eigenvalue weighted by Gasteiger charge is -2.34. The molecule has 0 aromatic rings. The zero-order valence-electron chi connectivity index (χ0n) is 9.64. The van der Waals surface area contributed by atoms with Crippen molar-refractivity contribution in [3.8, 4) is 0 Å². The summed E-state index contributed by atoms with van der Waals surface area (Å²) in [5, 5.41) is 0. The predicted octanol–water partition coefficient (Wildman–Crippen LogP) is 0.351. The van der Waals surface area contributed by atoms with E-state index in [-0.39, 0.29) is 18.8 Å². The maximum atomic E-state index is 11.7. The summed E-state index contributed by atoms with van der Waals surface area (Å²) >= 11 is 0. The number of ether oxygens (including phenoxy) is 2. The Morgan fingerprint density at radius 3 is 2.81 bits per heavy atom. The summed E-state index contributed by atoms with van der Waals surface area (Å²) in [7, 11) is 0. The number of carbonyl (C=O) groups is 2. The molecule has 5 heteroatoms. The smallest absolute Gasteiger partial charge is 0.397 e. The monoisotopic (exact) mass is 227 g/mol. The Bertz CT molecular complexity index is 290. The van der Waals surface area contributed by atoms with Crippen LogP contribution in [0.3, 0.4) is 0 Å². The van der Waals surface area contributed by atoms with Crippen molar-refractivity contribution in [3.05, 3.63) is 12.7 Å². The molecule has 1 heterocycles. The Labute approximate surface area is 95.0 Å². The second-order valence-corrected chi connectivity index (χ2v) is 3.65. The van der Waals surface area contributed by atoms with E-state index in [0.29, 0.717) is 13.1 Å². The fourth-order valence-corrected chi connectivity index (χ4v) is 1.60. The number of amides is 1. The Morgan fingerprint density at radius 1 is 1.56 bits per heavy atom.